The molecule has 2 rings (SSSR count). The van der Waals surface area contributed by atoms with E-state index in [4.69, 9.17) is 0 Å². The summed E-state index contributed by atoms with van der Waals surface area (Å²) in [5, 5.41) is 7.45. The Labute approximate surface area is 135 Å². The molecule has 0 aliphatic carbocycles. The van der Waals surface area contributed by atoms with Crippen LogP contribution in [0.3, 0.4) is 0 Å². The number of nitrogens with zero attached hydrogens (tertiary/aromatic N) is 1. The van der Waals surface area contributed by atoms with Crippen molar-refractivity contribution in [2.75, 3.05) is 25.0 Å². The molecule has 4 amide bonds. The maximum absolute atomic E-state index is 11.7. The molecule has 1 atom stereocenters. The first-order chi connectivity index (χ1) is 11.1. The van der Waals surface area contributed by atoms with E-state index in [0.29, 0.717) is 13.0 Å². The smallest absolute Gasteiger partial charge is 0.322 e. The molecule has 7 nitrogen and oxygen atoms in total. The third-order valence-electron chi connectivity index (χ3n) is 3.71. The number of benzene rings is 1. The normalized spacial score (nSPS) is 16.7. The molecule has 1 aromatic rings. The van der Waals surface area contributed by atoms with Gasteiger partial charge in [-0.2, -0.15) is 0 Å². The predicted molar refractivity (Wildman–Crippen MR) is 87.0 cm³/mol. The van der Waals surface area contributed by atoms with Crippen LogP contribution in [0.15, 0.2) is 30.3 Å². The Morgan fingerprint density at radius 3 is 2.65 bits per heavy atom. The highest BCUT2D eigenvalue weighted by atomic mass is 16.2. The minimum Gasteiger partial charge on any atom is -0.375 e. The van der Waals surface area contributed by atoms with Crippen LogP contribution in [0.5, 0.6) is 0 Å². The van der Waals surface area contributed by atoms with E-state index >= 15 is 0 Å². The molecule has 0 spiro atoms. The number of imide groups is 1. The lowest BCUT2D eigenvalue weighted by Crippen LogP contribution is -2.32. The highest BCUT2D eigenvalue weighted by Gasteiger charge is 2.29. The Hall–Kier alpha value is -2.57. The number of amides is 4. The summed E-state index contributed by atoms with van der Waals surface area (Å²) in [4.78, 5) is 36.2. The highest BCUT2D eigenvalue weighted by Crippen LogP contribution is 2.10. The zero-order chi connectivity index (χ0) is 16.7. The van der Waals surface area contributed by atoms with Gasteiger partial charge in [0.25, 0.3) is 5.91 Å². The SMILES string of the molecule is CN(CCCNC(=O)CC[C@@H]1NC(=O)NC1=O)c1ccccc1. The predicted octanol–water partition coefficient (Wildman–Crippen LogP) is 0.617. The third kappa shape index (κ3) is 5.28. The highest BCUT2D eigenvalue weighted by molar-refractivity contribution is 6.04. The zero-order valence-electron chi connectivity index (χ0n) is 13.2. The second-order valence-corrected chi connectivity index (χ2v) is 5.51. The van der Waals surface area contributed by atoms with Gasteiger partial charge in [0.1, 0.15) is 6.04 Å². The Balaban J connectivity index is 1.58. The van der Waals surface area contributed by atoms with Crippen LogP contribution in [-0.4, -0.2) is 44.0 Å². The van der Waals surface area contributed by atoms with Crippen molar-refractivity contribution in [2.45, 2.75) is 25.3 Å². The van der Waals surface area contributed by atoms with Crippen molar-refractivity contribution in [1.82, 2.24) is 16.0 Å². The molecule has 1 saturated heterocycles. The first-order valence-electron chi connectivity index (χ1n) is 7.70. The topological polar surface area (TPSA) is 90.5 Å². The monoisotopic (exact) mass is 318 g/mol. The first kappa shape index (κ1) is 16.8. The fourth-order valence-electron chi connectivity index (χ4n) is 2.38. The number of hydrogen-bond donors (Lipinski definition) is 3. The van der Waals surface area contributed by atoms with Crippen molar-refractivity contribution < 1.29 is 14.4 Å². The summed E-state index contributed by atoms with van der Waals surface area (Å²) in [6.07, 6.45) is 1.36. The van der Waals surface area contributed by atoms with Gasteiger partial charge in [-0.15, -0.1) is 0 Å². The van der Waals surface area contributed by atoms with Crippen LogP contribution in [0, 0.1) is 0 Å². The molecule has 23 heavy (non-hydrogen) atoms. The average molecular weight is 318 g/mol. The van der Waals surface area contributed by atoms with Gasteiger partial charge in [-0.25, -0.2) is 4.79 Å². The average Bonchev–Trinajstić information content (AvgIpc) is 2.88. The standard InChI is InChI=1S/C16H22N4O3/c1-20(12-6-3-2-4-7-12)11-5-10-17-14(21)9-8-13-15(22)19-16(23)18-13/h2-4,6-7,13H,5,8-11H2,1H3,(H,17,21)(H2,18,19,22,23)/t13-/m0/s1. The summed E-state index contributed by atoms with van der Waals surface area (Å²) in [5.74, 6) is -0.478. The molecule has 1 aliphatic heterocycles. The number of hydrogen-bond acceptors (Lipinski definition) is 4. The maximum Gasteiger partial charge on any atom is 0.322 e. The Bertz CT molecular complexity index is 562. The fraction of sp³-hybridized carbons (Fsp3) is 0.438. The van der Waals surface area contributed by atoms with E-state index in [9.17, 15) is 14.4 Å². The van der Waals surface area contributed by atoms with Crippen LogP contribution in [-0.2, 0) is 9.59 Å². The molecule has 3 N–H and O–H groups in total. The van der Waals surface area contributed by atoms with Crippen LogP contribution in [0.4, 0.5) is 10.5 Å². The molecule has 1 heterocycles. The maximum atomic E-state index is 11.7. The van der Waals surface area contributed by atoms with Gasteiger partial charge in [-0.3, -0.25) is 14.9 Å². The van der Waals surface area contributed by atoms with Gasteiger partial charge < -0.3 is 15.5 Å². The van der Waals surface area contributed by atoms with E-state index in [1.54, 1.807) is 0 Å². The summed E-state index contributed by atoms with van der Waals surface area (Å²) in [5.41, 5.74) is 1.14. The lowest BCUT2D eigenvalue weighted by Gasteiger charge is -2.19. The number of anilines is 1. The number of para-hydroxylation sites is 1. The Morgan fingerprint density at radius 1 is 1.26 bits per heavy atom. The summed E-state index contributed by atoms with van der Waals surface area (Å²) in [6.45, 7) is 1.42. The molecule has 1 aliphatic rings. The Morgan fingerprint density at radius 2 is 2.00 bits per heavy atom. The van der Waals surface area contributed by atoms with Crippen molar-refractivity contribution in [3.05, 3.63) is 30.3 Å². The Kier molecular flexibility index (Phi) is 5.96. The number of urea groups is 1. The number of carbonyl (C=O) groups excluding carboxylic acids is 3. The van der Waals surface area contributed by atoms with Crippen molar-refractivity contribution in [2.24, 2.45) is 0 Å². The van der Waals surface area contributed by atoms with Crippen LogP contribution < -0.4 is 20.9 Å². The fourth-order valence-corrected chi connectivity index (χ4v) is 2.38. The summed E-state index contributed by atoms with van der Waals surface area (Å²) >= 11 is 0. The van der Waals surface area contributed by atoms with E-state index in [1.165, 1.54) is 0 Å². The molecule has 7 heteroatoms. The molecule has 0 unspecified atom stereocenters. The minimum atomic E-state index is -0.600. The lowest BCUT2D eigenvalue weighted by molar-refractivity contribution is -0.122. The number of rotatable bonds is 8. The van der Waals surface area contributed by atoms with Crippen LogP contribution >= 0.6 is 0 Å². The number of carbonyl (C=O) groups is 3. The summed E-state index contributed by atoms with van der Waals surface area (Å²) < 4.78 is 0. The van der Waals surface area contributed by atoms with Gasteiger partial charge in [-0.05, 0) is 25.0 Å². The molecular weight excluding hydrogens is 296 g/mol. The summed E-state index contributed by atoms with van der Waals surface area (Å²) in [6, 6.07) is 8.95. The number of nitrogens with one attached hydrogen (secondary N) is 3. The van der Waals surface area contributed by atoms with E-state index in [1.807, 2.05) is 37.4 Å². The molecular formula is C16H22N4O3. The molecule has 124 valence electrons. The molecule has 0 aromatic heterocycles. The van der Waals surface area contributed by atoms with Gasteiger partial charge in [-0.1, -0.05) is 18.2 Å². The zero-order valence-corrected chi connectivity index (χ0v) is 13.2. The van der Waals surface area contributed by atoms with E-state index < -0.39 is 12.1 Å². The largest absolute Gasteiger partial charge is 0.375 e. The minimum absolute atomic E-state index is 0.110. The quantitative estimate of drug-likeness (QED) is 0.484. The van der Waals surface area contributed by atoms with Crippen molar-refractivity contribution >= 4 is 23.5 Å². The lowest BCUT2D eigenvalue weighted by atomic mass is 10.1. The van der Waals surface area contributed by atoms with Gasteiger partial charge >= 0.3 is 6.03 Å². The van der Waals surface area contributed by atoms with E-state index in [-0.39, 0.29) is 18.2 Å². The second-order valence-electron chi connectivity index (χ2n) is 5.51. The van der Waals surface area contributed by atoms with Crippen LogP contribution in [0.2, 0.25) is 0 Å². The molecule has 1 fully saturated rings. The second kappa shape index (κ2) is 8.17. The van der Waals surface area contributed by atoms with E-state index in [0.717, 1.165) is 18.7 Å². The van der Waals surface area contributed by atoms with Gasteiger partial charge in [0.05, 0.1) is 0 Å². The van der Waals surface area contributed by atoms with Gasteiger partial charge in [0, 0.05) is 32.2 Å². The van der Waals surface area contributed by atoms with Crippen LogP contribution in [0.1, 0.15) is 19.3 Å². The van der Waals surface area contributed by atoms with E-state index in [2.05, 4.69) is 20.9 Å². The van der Waals surface area contributed by atoms with Crippen molar-refractivity contribution in [1.29, 1.82) is 0 Å². The molecule has 0 saturated carbocycles. The molecule has 0 radical (unpaired) electrons. The summed E-state index contributed by atoms with van der Waals surface area (Å²) in [7, 11) is 2.01. The van der Waals surface area contributed by atoms with Crippen molar-refractivity contribution in [3.8, 4) is 0 Å². The van der Waals surface area contributed by atoms with Crippen molar-refractivity contribution in [3.63, 3.8) is 0 Å². The van der Waals surface area contributed by atoms with Gasteiger partial charge in [0.15, 0.2) is 0 Å². The third-order valence-corrected chi connectivity index (χ3v) is 3.71. The van der Waals surface area contributed by atoms with Crippen LogP contribution in [0.25, 0.3) is 0 Å². The first-order valence-corrected chi connectivity index (χ1v) is 7.70. The van der Waals surface area contributed by atoms with Gasteiger partial charge in [0.2, 0.25) is 5.91 Å². The molecule has 0 bridgehead atoms. The molecule has 1 aromatic carbocycles.